The van der Waals surface area contributed by atoms with Crippen LogP contribution in [0.25, 0.3) is 0 Å². The molecule has 0 atom stereocenters. The monoisotopic (exact) mass is 317 g/mol. The molecule has 0 spiro atoms. The lowest BCUT2D eigenvalue weighted by Crippen LogP contribution is -2.32. The molecular weight excluding hydrogens is 298 g/mol. The minimum absolute atomic E-state index is 0.0714. The van der Waals surface area contributed by atoms with Crippen LogP contribution in [0.2, 0.25) is 0 Å². The number of fused-ring (bicyclic) bond motifs is 1. The number of carbonyl (C=O) groups is 1. The van der Waals surface area contributed by atoms with Crippen molar-refractivity contribution in [1.29, 1.82) is 0 Å². The Morgan fingerprint density at radius 1 is 1.39 bits per heavy atom. The van der Waals surface area contributed by atoms with Gasteiger partial charge in [-0.05, 0) is 24.8 Å². The molecule has 3 rings (SSSR count). The topological polar surface area (TPSA) is 104 Å². The summed E-state index contributed by atoms with van der Waals surface area (Å²) in [5.41, 5.74) is 2.40. The Labute approximate surface area is 132 Å². The Morgan fingerprint density at radius 2 is 2.22 bits per heavy atom. The molecule has 0 saturated heterocycles. The van der Waals surface area contributed by atoms with Gasteiger partial charge < -0.3 is 9.47 Å². The van der Waals surface area contributed by atoms with Gasteiger partial charge in [-0.2, -0.15) is 5.10 Å². The summed E-state index contributed by atoms with van der Waals surface area (Å²) >= 11 is 0. The molecule has 1 aliphatic carbocycles. The Hall–Kier alpha value is -2.64. The second-order valence-electron chi connectivity index (χ2n) is 5.78. The quantitative estimate of drug-likeness (QED) is 0.796. The minimum atomic E-state index is -0.502. The molecule has 0 fully saturated rings. The zero-order valence-electron chi connectivity index (χ0n) is 13.0. The largest absolute Gasteiger partial charge is 0.340 e. The van der Waals surface area contributed by atoms with Crippen molar-refractivity contribution in [2.75, 3.05) is 7.05 Å². The standard InChI is InChI=1S/C15H19N5O3/c1-19(9-12-10-3-2-4-11(10)17-18-12)14(22)6-8-20-7-5-13(21)16-15(20)23/h5,7H,2-4,6,8-9H2,1H3,(H,17,18)(H,16,21,23). The first-order valence-corrected chi connectivity index (χ1v) is 7.63. The van der Waals surface area contributed by atoms with Crippen molar-refractivity contribution in [3.05, 3.63) is 50.1 Å². The summed E-state index contributed by atoms with van der Waals surface area (Å²) in [4.78, 5) is 38.6. The van der Waals surface area contributed by atoms with Crippen molar-refractivity contribution in [1.82, 2.24) is 24.6 Å². The summed E-state index contributed by atoms with van der Waals surface area (Å²) in [5, 5.41) is 7.32. The lowest BCUT2D eigenvalue weighted by atomic mass is 10.2. The van der Waals surface area contributed by atoms with E-state index in [0.29, 0.717) is 6.54 Å². The summed E-state index contributed by atoms with van der Waals surface area (Å²) in [6.45, 7) is 0.697. The maximum absolute atomic E-state index is 12.2. The van der Waals surface area contributed by atoms with E-state index in [0.717, 1.165) is 25.0 Å². The van der Waals surface area contributed by atoms with Crippen molar-refractivity contribution in [3.8, 4) is 0 Å². The van der Waals surface area contributed by atoms with Gasteiger partial charge in [0.1, 0.15) is 0 Å². The number of hydrogen-bond acceptors (Lipinski definition) is 4. The molecule has 0 aliphatic heterocycles. The van der Waals surface area contributed by atoms with Crippen LogP contribution in [0.3, 0.4) is 0 Å². The van der Waals surface area contributed by atoms with Crippen LogP contribution in [-0.4, -0.2) is 37.6 Å². The minimum Gasteiger partial charge on any atom is -0.340 e. The van der Waals surface area contributed by atoms with Crippen molar-refractivity contribution in [3.63, 3.8) is 0 Å². The Kier molecular flexibility index (Phi) is 4.14. The highest BCUT2D eigenvalue weighted by atomic mass is 16.2. The van der Waals surface area contributed by atoms with E-state index < -0.39 is 11.2 Å². The van der Waals surface area contributed by atoms with E-state index in [1.54, 1.807) is 11.9 Å². The third kappa shape index (κ3) is 3.25. The number of aryl methyl sites for hydroxylation is 2. The van der Waals surface area contributed by atoms with Gasteiger partial charge in [0.15, 0.2) is 0 Å². The third-order valence-corrected chi connectivity index (χ3v) is 4.17. The van der Waals surface area contributed by atoms with Crippen molar-refractivity contribution in [2.24, 2.45) is 0 Å². The highest BCUT2D eigenvalue weighted by Gasteiger charge is 2.20. The molecule has 122 valence electrons. The van der Waals surface area contributed by atoms with E-state index in [-0.39, 0.29) is 18.9 Å². The number of amides is 1. The van der Waals surface area contributed by atoms with E-state index in [1.165, 1.54) is 28.1 Å². The number of aromatic nitrogens is 4. The molecule has 2 aromatic heterocycles. The summed E-state index contributed by atoms with van der Waals surface area (Å²) in [5.74, 6) is -0.0714. The average molecular weight is 317 g/mol. The molecule has 1 aliphatic rings. The molecule has 2 aromatic rings. The summed E-state index contributed by atoms with van der Waals surface area (Å²) < 4.78 is 1.32. The Balaban J connectivity index is 1.59. The van der Waals surface area contributed by atoms with Crippen LogP contribution in [0.15, 0.2) is 21.9 Å². The molecular formula is C15H19N5O3. The van der Waals surface area contributed by atoms with E-state index in [4.69, 9.17) is 0 Å². The predicted molar refractivity (Wildman–Crippen MR) is 83.0 cm³/mol. The van der Waals surface area contributed by atoms with Gasteiger partial charge in [0.2, 0.25) is 5.91 Å². The number of carbonyl (C=O) groups excluding carboxylic acids is 1. The number of aromatic amines is 2. The first kappa shape index (κ1) is 15.3. The molecule has 0 aromatic carbocycles. The molecule has 8 nitrogen and oxygen atoms in total. The number of rotatable bonds is 5. The van der Waals surface area contributed by atoms with Gasteiger partial charge in [-0.1, -0.05) is 0 Å². The van der Waals surface area contributed by atoms with Gasteiger partial charge >= 0.3 is 5.69 Å². The van der Waals surface area contributed by atoms with Gasteiger partial charge in [0.05, 0.1) is 12.2 Å². The molecule has 0 radical (unpaired) electrons. The van der Waals surface area contributed by atoms with Crippen molar-refractivity contribution in [2.45, 2.75) is 38.8 Å². The third-order valence-electron chi connectivity index (χ3n) is 4.17. The van der Waals surface area contributed by atoms with Crippen molar-refractivity contribution >= 4 is 5.91 Å². The lowest BCUT2D eigenvalue weighted by molar-refractivity contribution is -0.130. The van der Waals surface area contributed by atoms with Gasteiger partial charge in [0.25, 0.3) is 5.56 Å². The van der Waals surface area contributed by atoms with Gasteiger partial charge in [-0.15, -0.1) is 0 Å². The first-order valence-electron chi connectivity index (χ1n) is 7.63. The molecule has 0 saturated carbocycles. The molecule has 23 heavy (non-hydrogen) atoms. The van der Waals surface area contributed by atoms with E-state index in [1.807, 2.05) is 0 Å². The Bertz CT molecular complexity index is 832. The van der Waals surface area contributed by atoms with Gasteiger partial charge in [0, 0.05) is 38.0 Å². The van der Waals surface area contributed by atoms with Gasteiger partial charge in [-0.25, -0.2) is 4.79 Å². The summed E-state index contributed by atoms with van der Waals surface area (Å²) in [6, 6.07) is 1.27. The van der Waals surface area contributed by atoms with E-state index in [2.05, 4.69) is 15.2 Å². The molecule has 2 N–H and O–H groups in total. The fourth-order valence-corrected chi connectivity index (χ4v) is 2.86. The SMILES string of the molecule is CN(Cc1n[nH]c2c1CCC2)C(=O)CCn1ccc(=O)[nH]c1=O. The molecule has 0 unspecified atom stereocenters. The maximum atomic E-state index is 12.2. The summed E-state index contributed by atoms with van der Waals surface area (Å²) in [7, 11) is 1.73. The fraction of sp³-hybridized carbons (Fsp3) is 0.467. The smallest absolute Gasteiger partial charge is 0.328 e. The van der Waals surface area contributed by atoms with Crippen LogP contribution >= 0.6 is 0 Å². The summed E-state index contributed by atoms with van der Waals surface area (Å²) in [6.07, 6.45) is 4.75. The fourth-order valence-electron chi connectivity index (χ4n) is 2.86. The van der Waals surface area contributed by atoms with Crippen LogP contribution in [0.5, 0.6) is 0 Å². The molecule has 0 bridgehead atoms. The predicted octanol–water partition coefficient (Wildman–Crippen LogP) is -0.203. The van der Waals surface area contributed by atoms with Crippen LogP contribution in [-0.2, 0) is 30.7 Å². The van der Waals surface area contributed by atoms with Crippen molar-refractivity contribution < 1.29 is 4.79 Å². The van der Waals surface area contributed by atoms with Crippen LogP contribution in [0, 0.1) is 0 Å². The second-order valence-corrected chi connectivity index (χ2v) is 5.78. The maximum Gasteiger partial charge on any atom is 0.328 e. The molecule has 1 amide bonds. The highest BCUT2D eigenvalue weighted by Crippen LogP contribution is 2.23. The number of H-pyrrole nitrogens is 2. The zero-order chi connectivity index (χ0) is 16.4. The van der Waals surface area contributed by atoms with Crippen LogP contribution in [0.1, 0.15) is 29.8 Å². The van der Waals surface area contributed by atoms with E-state index in [9.17, 15) is 14.4 Å². The number of nitrogens with one attached hydrogen (secondary N) is 2. The first-order chi connectivity index (χ1) is 11.0. The normalized spacial score (nSPS) is 13.1. The number of nitrogens with zero attached hydrogens (tertiary/aromatic N) is 3. The highest BCUT2D eigenvalue weighted by molar-refractivity contribution is 5.75. The number of hydrogen-bond donors (Lipinski definition) is 2. The van der Waals surface area contributed by atoms with Crippen LogP contribution in [0.4, 0.5) is 0 Å². The molecule has 8 heteroatoms. The Morgan fingerprint density at radius 3 is 3.00 bits per heavy atom. The van der Waals surface area contributed by atoms with E-state index >= 15 is 0 Å². The molecule has 2 heterocycles. The van der Waals surface area contributed by atoms with Crippen LogP contribution < -0.4 is 11.2 Å². The zero-order valence-corrected chi connectivity index (χ0v) is 13.0. The lowest BCUT2D eigenvalue weighted by Gasteiger charge is -2.16. The average Bonchev–Trinajstić information content (AvgIpc) is 3.11. The second kappa shape index (κ2) is 6.23. The van der Waals surface area contributed by atoms with Gasteiger partial charge in [-0.3, -0.25) is 19.7 Å².